The zero-order valence-corrected chi connectivity index (χ0v) is 26.1. The molecule has 1 N–H and O–H groups in total. The van der Waals surface area contributed by atoms with Gasteiger partial charge in [-0.15, -0.1) is 0 Å². The Balaban J connectivity index is 1.41. The van der Waals surface area contributed by atoms with Gasteiger partial charge in [-0.25, -0.2) is 0 Å². The molecule has 0 radical (unpaired) electrons. The van der Waals surface area contributed by atoms with Crippen molar-refractivity contribution in [2.24, 2.45) is 0 Å². The summed E-state index contributed by atoms with van der Waals surface area (Å²) in [6, 6.07) is 23.3. The van der Waals surface area contributed by atoms with Crippen LogP contribution in [0.15, 0.2) is 84.4 Å². The van der Waals surface area contributed by atoms with Crippen LogP contribution < -0.4 is 19.5 Å². The Morgan fingerprint density at radius 3 is 2.37 bits per heavy atom. The standard InChI is InChI=1S/C31H22Cl2IN3O6/c1-41-29-14-20(13-28(34)30(29)43-17-19-2-8-25(9-3-19)37(39)40)12-22(16-35)31(38)36-24-6-10-26(11-7-24)42-18-21-4-5-23(32)15-27(21)33/h2-15H,17-18H2,1H3,(H,36,38)/b22-12+. The highest BCUT2D eigenvalue weighted by Crippen LogP contribution is 2.35. The second-order valence-corrected chi connectivity index (χ2v) is 10.9. The van der Waals surface area contributed by atoms with Crippen molar-refractivity contribution in [1.82, 2.24) is 0 Å². The summed E-state index contributed by atoms with van der Waals surface area (Å²) in [4.78, 5) is 23.3. The summed E-state index contributed by atoms with van der Waals surface area (Å²) >= 11 is 14.2. The van der Waals surface area contributed by atoms with Crippen LogP contribution in [0.25, 0.3) is 6.08 Å². The van der Waals surface area contributed by atoms with Crippen LogP contribution >= 0.6 is 45.8 Å². The Morgan fingerprint density at radius 2 is 1.74 bits per heavy atom. The van der Waals surface area contributed by atoms with Crippen LogP contribution in [0.1, 0.15) is 16.7 Å². The summed E-state index contributed by atoms with van der Waals surface area (Å²) in [5.74, 6) is 0.838. The van der Waals surface area contributed by atoms with E-state index in [1.54, 1.807) is 66.7 Å². The largest absolute Gasteiger partial charge is 0.493 e. The highest BCUT2D eigenvalue weighted by molar-refractivity contribution is 14.1. The van der Waals surface area contributed by atoms with Crippen LogP contribution in [0.4, 0.5) is 11.4 Å². The van der Waals surface area contributed by atoms with E-state index in [4.69, 9.17) is 37.4 Å². The molecule has 0 aliphatic heterocycles. The molecule has 0 fully saturated rings. The number of methoxy groups -OCH3 is 1. The van der Waals surface area contributed by atoms with E-state index < -0.39 is 10.8 Å². The van der Waals surface area contributed by atoms with Gasteiger partial charge in [0.2, 0.25) is 0 Å². The first-order valence-corrected chi connectivity index (χ1v) is 14.3. The number of rotatable bonds is 11. The molecule has 0 spiro atoms. The van der Waals surface area contributed by atoms with Gasteiger partial charge in [-0.05, 0) is 100 Å². The van der Waals surface area contributed by atoms with Crippen LogP contribution in [-0.4, -0.2) is 17.9 Å². The van der Waals surface area contributed by atoms with Gasteiger partial charge in [-0.2, -0.15) is 5.26 Å². The predicted molar refractivity (Wildman–Crippen MR) is 173 cm³/mol. The van der Waals surface area contributed by atoms with E-state index in [-0.39, 0.29) is 24.5 Å². The Bertz CT molecular complexity index is 1720. The molecule has 0 heterocycles. The van der Waals surface area contributed by atoms with Crippen molar-refractivity contribution in [2.75, 3.05) is 12.4 Å². The molecule has 9 nitrogen and oxygen atoms in total. The Labute approximate surface area is 270 Å². The molecule has 0 unspecified atom stereocenters. The van der Waals surface area contributed by atoms with Crippen molar-refractivity contribution in [3.05, 3.63) is 125 Å². The number of carbonyl (C=O) groups is 1. The summed E-state index contributed by atoms with van der Waals surface area (Å²) in [6.07, 6.45) is 1.45. The minimum absolute atomic E-state index is 0.00796. The van der Waals surface area contributed by atoms with Crippen LogP contribution in [0.2, 0.25) is 10.0 Å². The maximum absolute atomic E-state index is 12.9. The lowest BCUT2D eigenvalue weighted by molar-refractivity contribution is -0.384. The molecule has 4 aromatic rings. The Kier molecular flexibility index (Phi) is 10.8. The number of nitriles is 1. The molecule has 4 rings (SSSR count). The Hall–Kier alpha value is -4.31. The van der Waals surface area contributed by atoms with Crippen molar-refractivity contribution < 1.29 is 23.9 Å². The summed E-state index contributed by atoms with van der Waals surface area (Å²) in [6.45, 7) is 0.399. The average Bonchev–Trinajstić information content (AvgIpc) is 2.99. The van der Waals surface area contributed by atoms with Crippen molar-refractivity contribution in [1.29, 1.82) is 5.26 Å². The molecule has 0 saturated heterocycles. The summed E-state index contributed by atoms with van der Waals surface area (Å²) in [5.41, 5.74) is 2.43. The first-order chi connectivity index (χ1) is 20.7. The fourth-order valence-corrected chi connectivity index (χ4v) is 5.02. The number of hydrogen-bond donors (Lipinski definition) is 1. The topological polar surface area (TPSA) is 124 Å². The summed E-state index contributed by atoms with van der Waals surface area (Å²) in [5, 5.41) is 24.3. The van der Waals surface area contributed by atoms with Gasteiger partial charge in [0, 0.05) is 33.4 Å². The number of anilines is 1. The zero-order chi connectivity index (χ0) is 30.9. The van der Waals surface area contributed by atoms with Gasteiger partial charge in [-0.1, -0.05) is 29.3 Å². The number of benzene rings is 4. The summed E-state index contributed by atoms with van der Waals surface area (Å²) < 4.78 is 17.9. The van der Waals surface area contributed by atoms with E-state index in [1.165, 1.54) is 25.3 Å². The molecular weight excluding hydrogens is 708 g/mol. The molecule has 1 amide bonds. The molecule has 12 heteroatoms. The molecule has 0 atom stereocenters. The average molecular weight is 730 g/mol. The SMILES string of the molecule is COc1cc(/C=C(\C#N)C(=O)Nc2ccc(OCc3ccc(Cl)cc3Cl)cc2)cc(I)c1OCc1ccc([N+](=O)[O-])cc1. The van der Waals surface area contributed by atoms with E-state index in [0.717, 1.165) is 11.1 Å². The van der Waals surface area contributed by atoms with Crippen LogP contribution in [0.5, 0.6) is 17.2 Å². The van der Waals surface area contributed by atoms with Gasteiger partial charge in [-0.3, -0.25) is 14.9 Å². The second-order valence-electron chi connectivity index (χ2n) is 8.92. The summed E-state index contributed by atoms with van der Waals surface area (Å²) in [7, 11) is 1.48. The number of amides is 1. The van der Waals surface area contributed by atoms with Gasteiger partial charge in [0.25, 0.3) is 11.6 Å². The number of non-ortho nitro benzene ring substituents is 1. The second kappa shape index (κ2) is 14.7. The maximum atomic E-state index is 12.9. The third-order valence-electron chi connectivity index (χ3n) is 5.98. The number of nitrogens with zero attached hydrogens (tertiary/aromatic N) is 2. The number of hydrogen-bond acceptors (Lipinski definition) is 7. The van der Waals surface area contributed by atoms with Gasteiger partial charge >= 0.3 is 0 Å². The van der Waals surface area contributed by atoms with E-state index in [9.17, 15) is 20.2 Å². The smallest absolute Gasteiger partial charge is 0.269 e. The molecule has 0 aliphatic carbocycles. The monoisotopic (exact) mass is 729 g/mol. The first-order valence-electron chi connectivity index (χ1n) is 12.5. The quantitative estimate of drug-likeness (QED) is 0.0543. The van der Waals surface area contributed by atoms with Crippen molar-refractivity contribution in [3.63, 3.8) is 0 Å². The van der Waals surface area contributed by atoms with Crippen molar-refractivity contribution in [3.8, 4) is 23.3 Å². The predicted octanol–water partition coefficient (Wildman–Crippen LogP) is 8.22. The molecule has 0 aromatic heterocycles. The lowest BCUT2D eigenvalue weighted by atomic mass is 10.1. The number of nitro benzene ring substituents is 1. The third-order valence-corrected chi connectivity index (χ3v) is 7.37. The fourth-order valence-electron chi connectivity index (χ4n) is 3.78. The minimum atomic E-state index is -0.586. The molecule has 0 bridgehead atoms. The number of halogens is 3. The highest BCUT2D eigenvalue weighted by Gasteiger charge is 2.15. The minimum Gasteiger partial charge on any atom is -0.493 e. The maximum Gasteiger partial charge on any atom is 0.269 e. The number of carbonyl (C=O) groups excluding carboxylic acids is 1. The number of nitrogens with one attached hydrogen (secondary N) is 1. The first kappa shape index (κ1) is 31.6. The lowest BCUT2D eigenvalue weighted by Gasteiger charge is -2.14. The van der Waals surface area contributed by atoms with Gasteiger partial charge in [0.15, 0.2) is 11.5 Å². The number of ether oxygens (including phenoxy) is 3. The fraction of sp³-hybridized carbons (Fsp3) is 0.0968. The Morgan fingerprint density at radius 1 is 1.02 bits per heavy atom. The van der Waals surface area contributed by atoms with Gasteiger partial charge in [0.05, 0.1) is 15.6 Å². The van der Waals surface area contributed by atoms with E-state index in [0.29, 0.717) is 42.1 Å². The molecule has 218 valence electrons. The third kappa shape index (κ3) is 8.61. The van der Waals surface area contributed by atoms with Gasteiger partial charge < -0.3 is 19.5 Å². The number of nitro groups is 1. The lowest BCUT2D eigenvalue weighted by Crippen LogP contribution is -2.13. The highest BCUT2D eigenvalue weighted by atomic mass is 127. The molecule has 0 saturated carbocycles. The molecular formula is C31H22Cl2IN3O6. The van der Waals surface area contributed by atoms with Crippen LogP contribution in [-0.2, 0) is 18.0 Å². The van der Waals surface area contributed by atoms with Crippen molar-refractivity contribution >= 4 is 69.2 Å². The van der Waals surface area contributed by atoms with E-state index in [2.05, 4.69) is 27.9 Å². The van der Waals surface area contributed by atoms with Crippen molar-refractivity contribution in [2.45, 2.75) is 13.2 Å². The molecule has 4 aromatic carbocycles. The van der Waals surface area contributed by atoms with Crippen LogP contribution in [0, 0.1) is 25.0 Å². The molecule has 43 heavy (non-hydrogen) atoms. The molecule has 0 aliphatic rings. The normalized spacial score (nSPS) is 10.9. The van der Waals surface area contributed by atoms with E-state index >= 15 is 0 Å². The van der Waals surface area contributed by atoms with Crippen LogP contribution in [0.3, 0.4) is 0 Å². The van der Waals surface area contributed by atoms with Gasteiger partial charge in [0.1, 0.15) is 30.6 Å². The zero-order valence-electron chi connectivity index (χ0n) is 22.5. The van der Waals surface area contributed by atoms with E-state index in [1.807, 2.05) is 6.07 Å².